The van der Waals surface area contributed by atoms with Crippen molar-refractivity contribution in [2.24, 2.45) is 0 Å². The van der Waals surface area contributed by atoms with Crippen molar-refractivity contribution in [3.63, 3.8) is 0 Å². The Hall–Kier alpha value is -1.06. The van der Waals surface area contributed by atoms with Gasteiger partial charge in [0, 0.05) is 6.92 Å². The normalized spacial score (nSPS) is 19.3. The van der Waals surface area contributed by atoms with Gasteiger partial charge in [-0.3, -0.25) is 4.79 Å². The first-order chi connectivity index (χ1) is 7.10. The summed E-state index contributed by atoms with van der Waals surface area (Å²) >= 11 is 0. The second kappa shape index (κ2) is 5.14. The van der Waals surface area contributed by atoms with E-state index in [1.165, 1.54) is 6.92 Å². The Morgan fingerprint density at radius 3 is 2.27 bits per heavy atom. The molecule has 1 saturated carbocycles. The number of carbonyl (C=O) groups is 2. The monoisotopic (exact) mass is 214 g/mol. The van der Waals surface area contributed by atoms with Crippen molar-refractivity contribution in [2.75, 3.05) is 6.61 Å². The van der Waals surface area contributed by atoms with Crippen molar-refractivity contribution in [1.29, 1.82) is 0 Å². The van der Waals surface area contributed by atoms with Crippen LogP contribution in [0.25, 0.3) is 0 Å². The van der Waals surface area contributed by atoms with Crippen LogP contribution in [-0.2, 0) is 19.1 Å². The average molecular weight is 214 g/mol. The van der Waals surface area contributed by atoms with Gasteiger partial charge in [-0.25, -0.2) is 4.79 Å². The number of hydrogen-bond acceptors (Lipinski definition) is 4. The van der Waals surface area contributed by atoms with E-state index < -0.39 is 11.6 Å². The van der Waals surface area contributed by atoms with E-state index >= 15 is 0 Å². The number of esters is 2. The zero-order valence-corrected chi connectivity index (χ0v) is 9.38. The largest absolute Gasteiger partial charge is 0.463 e. The first kappa shape index (κ1) is 12.0. The van der Waals surface area contributed by atoms with Gasteiger partial charge in [0.05, 0.1) is 6.61 Å². The zero-order chi connectivity index (χ0) is 11.3. The van der Waals surface area contributed by atoms with E-state index in [4.69, 9.17) is 9.47 Å². The molecule has 1 fully saturated rings. The summed E-state index contributed by atoms with van der Waals surface area (Å²) in [6.07, 6.45) is 4.08. The molecule has 15 heavy (non-hydrogen) atoms. The van der Waals surface area contributed by atoms with Crippen LogP contribution >= 0.6 is 0 Å². The van der Waals surface area contributed by atoms with Crippen LogP contribution in [0, 0.1) is 0 Å². The lowest BCUT2D eigenvalue weighted by Gasteiger charge is -2.33. The van der Waals surface area contributed by atoms with Gasteiger partial charge in [-0.05, 0) is 32.6 Å². The zero-order valence-electron chi connectivity index (χ0n) is 9.38. The maximum Gasteiger partial charge on any atom is 0.350 e. The molecule has 0 N–H and O–H groups in total. The second-order valence-corrected chi connectivity index (χ2v) is 3.87. The van der Waals surface area contributed by atoms with Crippen LogP contribution in [0.3, 0.4) is 0 Å². The summed E-state index contributed by atoms with van der Waals surface area (Å²) in [5.74, 6) is -0.801. The molecule has 0 saturated heterocycles. The van der Waals surface area contributed by atoms with E-state index in [1.54, 1.807) is 6.92 Å². The van der Waals surface area contributed by atoms with Crippen molar-refractivity contribution in [1.82, 2.24) is 0 Å². The molecule has 0 aromatic heterocycles. The molecule has 0 spiro atoms. The second-order valence-electron chi connectivity index (χ2n) is 3.87. The highest BCUT2D eigenvalue weighted by atomic mass is 16.6. The van der Waals surface area contributed by atoms with Gasteiger partial charge < -0.3 is 9.47 Å². The molecule has 0 bridgehead atoms. The summed E-state index contributed by atoms with van der Waals surface area (Å²) in [5, 5.41) is 0. The molecule has 0 aliphatic heterocycles. The fraction of sp³-hybridized carbons (Fsp3) is 0.818. The maximum atomic E-state index is 11.8. The average Bonchev–Trinajstić information content (AvgIpc) is 2.18. The minimum atomic E-state index is -1.000. The SMILES string of the molecule is CCOC(=O)C1(OC(C)=O)CCCCC1. The van der Waals surface area contributed by atoms with Gasteiger partial charge in [-0.15, -0.1) is 0 Å². The lowest BCUT2D eigenvalue weighted by molar-refractivity contribution is -0.185. The van der Waals surface area contributed by atoms with Gasteiger partial charge in [-0.1, -0.05) is 6.42 Å². The Kier molecular flexibility index (Phi) is 4.12. The molecule has 1 rings (SSSR count). The third-order valence-electron chi connectivity index (χ3n) is 2.65. The molecule has 1 aliphatic rings. The molecule has 0 radical (unpaired) electrons. The molecule has 4 nitrogen and oxygen atoms in total. The quantitative estimate of drug-likeness (QED) is 0.672. The summed E-state index contributed by atoms with van der Waals surface area (Å²) in [6, 6.07) is 0. The highest BCUT2D eigenvalue weighted by Gasteiger charge is 2.44. The van der Waals surface area contributed by atoms with Gasteiger partial charge in [0.1, 0.15) is 0 Å². The van der Waals surface area contributed by atoms with Gasteiger partial charge in [0.25, 0.3) is 0 Å². The van der Waals surface area contributed by atoms with Crippen molar-refractivity contribution >= 4 is 11.9 Å². The Morgan fingerprint density at radius 2 is 1.80 bits per heavy atom. The molecule has 0 heterocycles. The number of carbonyl (C=O) groups excluding carboxylic acids is 2. The summed E-state index contributed by atoms with van der Waals surface area (Å²) in [4.78, 5) is 22.8. The van der Waals surface area contributed by atoms with Crippen LogP contribution in [0.5, 0.6) is 0 Å². The third-order valence-corrected chi connectivity index (χ3v) is 2.65. The van der Waals surface area contributed by atoms with E-state index in [2.05, 4.69) is 0 Å². The molecule has 0 aromatic rings. The van der Waals surface area contributed by atoms with Gasteiger partial charge in [-0.2, -0.15) is 0 Å². The molecule has 86 valence electrons. The minimum Gasteiger partial charge on any atom is -0.463 e. The van der Waals surface area contributed by atoms with E-state index in [0.29, 0.717) is 19.4 Å². The van der Waals surface area contributed by atoms with Crippen molar-refractivity contribution in [2.45, 2.75) is 51.6 Å². The van der Waals surface area contributed by atoms with Crippen LogP contribution in [0.1, 0.15) is 46.0 Å². The Labute approximate surface area is 89.9 Å². The van der Waals surface area contributed by atoms with Crippen LogP contribution < -0.4 is 0 Å². The number of rotatable bonds is 3. The predicted molar refractivity (Wildman–Crippen MR) is 54.2 cm³/mol. The summed E-state index contributed by atoms with van der Waals surface area (Å²) in [7, 11) is 0. The Bertz CT molecular complexity index is 241. The first-order valence-corrected chi connectivity index (χ1v) is 5.47. The lowest BCUT2D eigenvalue weighted by Crippen LogP contribution is -2.45. The molecular weight excluding hydrogens is 196 g/mol. The maximum absolute atomic E-state index is 11.8. The number of hydrogen-bond donors (Lipinski definition) is 0. The molecule has 0 amide bonds. The van der Waals surface area contributed by atoms with E-state index in [1.807, 2.05) is 0 Å². The standard InChI is InChI=1S/C11H18O4/c1-3-14-10(13)11(15-9(2)12)7-5-4-6-8-11/h3-8H2,1-2H3. The molecule has 4 heteroatoms. The molecular formula is C11H18O4. The summed E-state index contributed by atoms with van der Waals surface area (Å²) < 4.78 is 10.1. The van der Waals surface area contributed by atoms with Gasteiger partial charge in [0.15, 0.2) is 0 Å². The van der Waals surface area contributed by atoms with Crippen LogP contribution in [0.4, 0.5) is 0 Å². The van der Waals surface area contributed by atoms with E-state index in [-0.39, 0.29) is 5.97 Å². The highest BCUT2D eigenvalue weighted by molar-refractivity contribution is 5.83. The summed E-state index contributed by atoms with van der Waals surface area (Å²) in [5.41, 5.74) is -1.000. The van der Waals surface area contributed by atoms with Crippen LogP contribution in [0.2, 0.25) is 0 Å². The Balaban J connectivity index is 2.74. The highest BCUT2D eigenvalue weighted by Crippen LogP contribution is 2.33. The van der Waals surface area contributed by atoms with Crippen LogP contribution in [0.15, 0.2) is 0 Å². The minimum absolute atomic E-state index is 0.321. The fourth-order valence-corrected chi connectivity index (χ4v) is 2.01. The van der Waals surface area contributed by atoms with Gasteiger partial charge >= 0.3 is 11.9 Å². The summed E-state index contributed by atoms with van der Waals surface area (Å²) in [6.45, 7) is 3.40. The molecule has 0 unspecified atom stereocenters. The number of ether oxygens (including phenoxy) is 2. The van der Waals surface area contributed by atoms with E-state index in [0.717, 1.165) is 19.3 Å². The van der Waals surface area contributed by atoms with E-state index in [9.17, 15) is 9.59 Å². The molecule has 1 aliphatic carbocycles. The van der Waals surface area contributed by atoms with Crippen molar-refractivity contribution < 1.29 is 19.1 Å². The molecule has 0 atom stereocenters. The topological polar surface area (TPSA) is 52.6 Å². The smallest absolute Gasteiger partial charge is 0.350 e. The fourth-order valence-electron chi connectivity index (χ4n) is 2.01. The van der Waals surface area contributed by atoms with Crippen molar-refractivity contribution in [3.8, 4) is 0 Å². The van der Waals surface area contributed by atoms with Crippen molar-refractivity contribution in [3.05, 3.63) is 0 Å². The van der Waals surface area contributed by atoms with Crippen LogP contribution in [-0.4, -0.2) is 24.1 Å². The predicted octanol–water partition coefficient (Wildman–Crippen LogP) is 1.82. The Morgan fingerprint density at radius 1 is 1.20 bits per heavy atom. The third kappa shape index (κ3) is 2.94. The van der Waals surface area contributed by atoms with Gasteiger partial charge in [0.2, 0.25) is 5.60 Å². The lowest BCUT2D eigenvalue weighted by atomic mass is 9.84. The first-order valence-electron chi connectivity index (χ1n) is 5.47. The molecule has 0 aromatic carbocycles.